The highest BCUT2D eigenvalue weighted by Gasteiger charge is 2.36. The first-order valence-corrected chi connectivity index (χ1v) is 7.17. The molecule has 0 fully saturated rings. The van der Waals surface area contributed by atoms with Gasteiger partial charge in [-0.1, -0.05) is 0 Å². The number of phenolic OH excluding ortho intramolecular Hbond substituents is 4. The predicted octanol–water partition coefficient (Wildman–Crippen LogP) is 2.18. The second-order valence-corrected chi connectivity index (χ2v) is 5.55. The Morgan fingerprint density at radius 2 is 1.79 bits per heavy atom. The molecule has 2 aromatic carbocycles. The molecule has 1 aliphatic heterocycles. The summed E-state index contributed by atoms with van der Waals surface area (Å²) in [6, 6.07) is 3.71. The highest BCUT2D eigenvalue weighted by molar-refractivity contribution is 6.07. The fraction of sp³-hybridized carbons (Fsp3) is 0.235. The monoisotopic (exact) mass is 332 g/mol. The van der Waals surface area contributed by atoms with Crippen LogP contribution < -0.4 is 9.47 Å². The minimum atomic E-state index is -0.887. The number of carbonyl (C=O) groups is 1. The van der Waals surface area contributed by atoms with E-state index in [1.165, 1.54) is 26.2 Å². The van der Waals surface area contributed by atoms with E-state index in [4.69, 9.17) is 9.47 Å². The van der Waals surface area contributed by atoms with Crippen LogP contribution in [0.25, 0.3) is 0 Å². The van der Waals surface area contributed by atoms with Crippen LogP contribution in [-0.4, -0.2) is 39.9 Å². The highest BCUT2D eigenvalue weighted by atomic mass is 16.5. The molecule has 1 aliphatic rings. The van der Waals surface area contributed by atoms with Crippen LogP contribution in [0.4, 0.5) is 0 Å². The van der Waals surface area contributed by atoms with Gasteiger partial charge < -0.3 is 29.9 Å². The number of benzene rings is 2. The van der Waals surface area contributed by atoms with Gasteiger partial charge in [-0.2, -0.15) is 0 Å². The van der Waals surface area contributed by atoms with Gasteiger partial charge in [-0.15, -0.1) is 0 Å². The molecule has 0 saturated carbocycles. The number of hydrogen-bond acceptors (Lipinski definition) is 7. The molecule has 0 bridgehead atoms. The Labute approximate surface area is 137 Å². The average molecular weight is 332 g/mol. The third kappa shape index (κ3) is 2.25. The van der Waals surface area contributed by atoms with E-state index >= 15 is 0 Å². The van der Waals surface area contributed by atoms with Crippen LogP contribution in [0.15, 0.2) is 18.2 Å². The molecule has 1 heterocycles. The molecule has 0 radical (unpaired) electrons. The second kappa shape index (κ2) is 5.52. The molecule has 0 aromatic heterocycles. The van der Waals surface area contributed by atoms with Gasteiger partial charge in [-0.25, -0.2) is 0 Å². The lowest BCUT2D eigenvalue weighted by molar-refractivity contribution is 0.0889. The summed E-state index contributed by atoms with van der Waals surface area (Å²) in [5.41, 5.74) is 0.331. The van der Waals surface area contributed by atoms with Crippen LogP contribution >= 0.6 is 0 Å². The van der Waals surface area contributed by atoms with Crippen molar-refractivity contribution >= 4 is 5.78 Å². The van der Waals surface area contributed by atoms with Gasteiger partial charge in [0, 0.05) is 23.3 Å². The lowest BCUT2D eigenvalue weighted by Crippen LogP contribution is -2.26. The molecule has 0 aliphatic carbocycles. The van der Waals surface area contributed by atoms with E-state index in [9.17, 15) is 25.2 Å². The summed E-state index contributed by atoms with van der Waals surface area (Å²) in [6.45, 7) is 1.39. The van der Waals surface area contributed by atoms with Crippen molar-refractivity contribution in [1.82, 2.24) is 0 Å². The minimum absolute atomic E-state index is 0.0482. The summed E-state index contributed by atoms with van der Waals surface area (Å²) in [6.07, 6.45) is 0. The van der Waals surface area contributed by atoms with Gasteiger partial charge >= 0.3 is 0 Å². The Morgan fingerprint density at radius 1 is 1.08 bits per heavy atom. The van der Waals surface area contributed by atoms with Crippen molar-refractivity contribution in [3.05, 3.63) is 34.9 Å². The van der Waals surface area contributed by atoms with Crippen LogP contribution in [-0.2, 0) is 0 Å². The Hall–Kier alpha value is -3.09. The van der Waals surface area contributed by atoms with Crippen molar-refractivity contribution in [1.29, 1.82) is 0 Å². The fourth-order valence-corrected chi connectivity index (χ4v) is 2.75. The Kier molecular flexibility index (Phi) is 3.63. The molecule has 7 nitrogen and oxygen atoms in total. The zero-order chi connectivity index (χ0) is 17.6. The summed E-state index contributed by atoms with van der Waals surface area (Å²) >= 11 is 0. The second-order valence-electron chi connectivity index (χ2n) is 5.55. The molecule has 24 heavy (non-hydrogen) atoms. The number of carbonyl (C=O) groups excluding carboxylic acids is 1. The van der Waals surface area contributed by atoms with E-state index in [0.29, 0.717) is 0 Å². The molecule has 3 rings (SSSR count). The van der Waals surface area contributed by atoms with E-state index in [2.05, 4.69) is 0 Å². The molecule has 7 heteroatoms. The number of methoxy groups -OCH3 is 1. The number of Topliss-reactive ketones (excluding diaryl/α,β-unsaturated/α-hetero) is 1. The van der Waals surface area contributed by atoms with Gasteiger partial charge in [0.1, 0.15) is 35.2 Å². The number of hydrogen-bond donors (Lipinski definition) is 4. The first kappa shape index (κ1) is 15.8. The summed E-state index contributed by atoms with van der Waals surface area (Å²) in [7, 11) is 1.35. The van der Waals surface area contributed by atoms with E-state index in [-0.39, 0.29) is 57.8 Å². The number of rotatable bonds is 2. The van der Waals surface area contributed by atoms with Crippen molar-refractivity contribution < 1.29 is 34.7 Å². The maximum absolute atomic E-state index is 12.8. The topological polar surface area (TPSA) is 116 Å². The normalized spacial score (nSPS) is 16.4. The molecular formula is C17H16O7. The molecular weight excluding hydrogens is 316 g/mol. The standard InChI is InChI=1S/C17H16O7/c1-7-10(18)5-14-15(16(7)21)17(22)9(6-24-14)8-3-13(23-2)12(20)4-11(8)19/h3-5,9,18-21H,6H2,1-2H3/t9-/m0/s1. The highest BCUT2D eigenvalue weighted by Crippen LogP contribution is 2.45. The Morgan fingerprint density at radius 3 is 2.46 bits per heavy atom. The predicted molar refractivity (Wildman–Crippen MR) is 83.4 cm³/mol. The van der Waals surface area contributed by atoms with Gasteiger partial charge in [0.25, 0.3) is 0 Å². The SMILES string of the molecule is COc1cc([C@@H]2COc3cc(O)c(C)c(O)c3C2=O)c(O)cc1O. The van der Waals surface area contributed by atoms with Gasteiger partial charge in [0.2, 0.25) is 0 Å². The molecule has 126 valence electrons. The fourth-order valence-electron chi connectivity index (χ4n) is 2.75. The summed E-state index contributed by atoms with van der Waals surface area (Å²) in [5.74, 6) is -2.23. The van der Waals surface area contributed by atoms with Crippen molar-refractivity contribution in [3.63, 3.8) is 0 Å². The quantitative estimate of drug-likeness (QED) is 0.666. The van der Waals surface area contributed by atoms with Crippen molar-refractivity contribution in [3.8, 4) is 34.5 Å². The first-order valence-electron chi connectivity index (χ1n) is 7.17. The van der Waals surface area contributed by atoms with E-state index in [1.54, 1.807) is 0 Å². The molecule has 1 atom stereocenters. The number of ketones is 1. The average Bonchev–Trinajstić information content (AvgIpc) is 2.54. The minimum Gasteiger partial charge on any atom is -0.507 e. The lowest BCUT2D eigenvalue weighted by Gasteiger charge is -2.26. The summed E-state index contributed by atoms with van der Waals surface area (Å²) < 4.78 is 10.5. The third-order valence-electron chi connectivity index (χ3n) is 4.16. The molecule has 2 aromatic rings. The summed E-state index contributed by atoms with van der Waals surface area (Å²) in [4.78, 5) is 12.8. The molecule has 0 spiro atoms. The van der Waals surface area contributed by atoms with E-state index in [1.807, 2.05) is 0 Å². The third-order valence-corrected chi connectivity index (χ3v) is 4.16. The zero-order valence-electron chi connectivity index (χ0n) is 13.0. The maximum Gasteiger partial charge on any atom is 0.181 e. The van der Waals surface area contributed by atoms with Gasteiger partial charge in [0.05, 0.1) is 13.0 Å². The van der Waals surface area contributed by atoms with Crippen LogP contribution in [0, 0.1) is 6.92 Å². The Bertz CT molecular complexity index is 842. The molecule has 0 amide bonds. The van der Waals surface area contributed by atoms with Gasteiger partial charge in [-0.05, 0) is 13.0 Å². The number of phenols is 4. The zero-order valence-corrected chi connectivity index (χ0v) is 13.0. The van der Waals surface area contributed by atoms with Gasteiger partial charge in [0.15, 0.2) is 17.3 Å². The number of aromatic hydroxyl groups is 4. The van der Waals surface area contributed by atoms with Crippen molar-refractivity contribution in [2.75, 3.05) is 13.7 Å². The van der Waals surface area contributed by atoms with E-state index < -0.39 is 11.7 Å². The number of fused-ring (bicyclic) bond motifs is 1. The maximum atomic E-state index is 12.8. The van der Waals surface area contributed by atoms with Gasteiger partial charge in [-0.3, -0.25) is 4.79 Å². The smallest absolute Gasteiger partial charge is 0.181 e. The summed E-state index contributed by atoms with van der Waals surface area (Å²) in [5, 5.41) is 39.7. The van der Waals surface area contributed by atoms with Crippen LogP contribution in [0.1, 0.15) is 27.4 Å². The Balaban J connectivity index is 2.11. The molecule has 0 unspecified atom stereocenters. The van der Waals surface area contributed by atoms with E-state index in [0.717, 1.165) is 6.07 Å². The molecule has 4 N–H and O–H groups in total. The largest absolute Gasteiger partial charge is 0.507 e. The lowest BCUT2D eigenvalue weighted by atomic mass is 9.87. The van der Waals surface area contributed by atoms with Crippen LogP contribution in [0.2, 0.25) is 0 Å². The van der Waals surface area contributed by atoms with Crippen LogP contribution in [0.3, 0.4) is 0 Å². The number of ether oxygens (including phenoxy) is 2. The van der Waals surface area contributed by atoms with Crippen molar-refractivity contribution in [2.45, 2.75) is 12.8 Å². The first-order chi connectivity index (χ1) is 11.3. The molecule has 0 saturated heterocycles. The van der Waals surface area contributed by atoms with Crippen molar-refractivity contribution in [2.24, 2.45) is 0 Å². The van der Waals surface area contributed by atoms with Crippen LogP contribution in [0.5, 0.6) is 34.5 Å².